The smallest absolute Gasteiger partial charge is 0.312 e. The van der Waals surface area contributed by atoms with Gasteiger partial charge in [0.25, 0.3) is 0 Å². The van der Waals surface area contributed by atoms with Crippen molar-refractivity contribution in [1.82, 2.24) is 0 Å². The van der Waals surface area contributed by atoms with Crippen LogP contribution < -0.4 is 0 Å². The molecule has 0 saturated heterocycles. The van der Waals surface area contributed by atoms with Crippen LogP contribution in [-0.4, -0.2) is 18.9 Å². The molecule has 0 heterocycles. The van der Waals surface area contributed by atoms with Gasteiger partial charge in [-0.1, -0.05) is 58.9 Å². The van der Waals surface area contributed by atoms with Crippen molar-refractivity contribution < 1.29 is 14.3 Å². The molecule has 5 fully saturated rings. The zero-order chi connectivity index (χ0) is 30.5. The first-order valence-corrected chi connectivity index (χ1v) is 17.5. The van der Waals surface area contributed by atoms with E-state index in [-0.39, 0.29) is 33.0 Å². The fraction of sp³-hybridized carbons (Fsp3) is 0.684. The fourth-order valence-electron chi connectivity index (χ4n) is 12.5. The van der Waals surface area contributed by atoms with Gasteiger partial charge in [-0.2, -0.15) is 0 Å². The molecule has 0 N–H and O–H groups in total. The molecule has 4 heteroatoms. The average Bonchev–Trinajstić information content (AvgIpc) is 3.33. The van der Waals surface area contributed by atoms with E-state index in [0.717, 1.165) is 56.1 Å². The number of rotatable bonds is 3. The molecule has 5 aliphatic rings. The SMILES string of the molecule is C=C(C)[C@@H]1CCC2(C(=O)OC)CC[C@]3(C)C(CCC4[C@@]5(C)C/C(=C/c6cccc(I)c6)C(=O)C(C)(C)C5CC[C@]43C)C12. The number of ketones is 1. The summed E-state index contributed by atoms with van der Waals surface area (Å²) in [6.07, 6.45) is 11.7. The van der Waals surface area contributed by atoms with E-state index in [4.69, 9.17) is 4.74 Å². The van der Waals surface area contributed by atoms with Crippen LogP contribution in [0, 0.1) is 60.2 Å². The Morgan fingerprint density at radius 3 is 2.38 bits per heavy atom. The molecular formula is C38H51IO3. The van der Waals surface area contributed by atoms with Gasteiger partial charge in [-0.05, 0) is 162 Å². The summed E-state index contributed by atoms with van der Waals surface area (Å²) in [7, 11) is 1.59. The quantitative estimate of drug-likeness (QED) is 0.138. The van der Waals surface area contributed by atoms with E-state index < -0.39 is 0 Å². The van der Waals surface area contributed by atoms with Crippen molar-refractivity contribution in [3.8, 4) is 0 Å². The number of allylic oxidation sites excluding steroid dienone is 2. The van der Waals surface area contributed by atoms with Crippen LogP contribution in [0.5, 0.6) is 0 Å². The summed E-state index contributed by atoms with van der Waals surface area (Å²) >= 11 is 2.36. The van der Waals surface area contributed by atoms with Gasteiger partial charge in [0.15, 0.2) is 5.78 Å². The molecule has 3 nitrogen and oxygen atoms in total. The van der Waals surface area contributed by atoms with Crippen LogP contribution in [0.25, 0.3) is 6.08 Å². The lowest BCUT2D eigenvalue weighted by atomic mass is 9.32. The number of ether oxygens (including phenoxy) is 1. The van der Waals surface area contributed by atoms with Gasteiger partial charge in [0, 0.05) is 8.99 Å². The van der Waals surface area contributed by atoms with Crippen LogP contribution in [-0.2, 0) is 14.3 Å². The molecule has 0 aromatic heterocycles. The zero-order valence-electron chi connectivity index (χ0n) is 26.9. The lowest BCUT2D eigenvalue weighted by molar-refractivity contribution is -0.232. The second-order valence-electron chi connectivity index (χ2n) is 16.3. The molecule has 42 heavy (non-hydrogen) atoms. The first-order valence-electron chi connectivity index (χ1n) is 16.4. The third kappa shape index (κ3) is 4.01. The van der Waals surface area contributed by atoms with Crippen LogP contribution in [0.1, 0.15) is 105 Å². The summed E-state index contributed by atoms with van der Waals surface area (Å²) in [5.41, 5.74) is 3.05. The van der Waals surface area contributed by atoms with E-state index in [0.29, 0.717) is 35.4 Å². The molecule has 228 valence electrons. The molecule has 0 spiro atoms. The fourth-order valence-corrected chi connectivity index (χ4v) is 13.0. The number of Topliss-reactive ketones (excluding diaryl/α,β-unsaturated/α-hetero) is 1. The Hall–Kier alpha value is -1.43. The van der Waals surface area contributed by atoms with Crippen LogP contribution in [0.2, 0.25) is 0 Å². The molecule has 0 radical (unpaired) electrons. The van der Waals surface area contributed by atoms with Gasteiger partial charge in [0.1, 0.15) is 0 Å². The van der Waals surface area contributed by atoms with Crippen LogP contribution >= 0.6 is 22.6 Å². The Kier molecular flexibility index (Phi) is 7.31. The Balaban J connectivity index is 1.42. The summed E-state index contributed by atoms with van der Waals surface area (Å²) in [6, 6.07) is 8.53. The maximum Gasteiger partial charge on any atom is 0.312 e. The number of carbonyl (C=O) groups excluding carboxylic acids is 2. The van der Waals surface area contributed by atoms with E-state index >= 15 is 0 Å². The minimum absolute atomic E-state index is 0.0270. The number of halogens is 1. The first kappa shape index (κ1) is 30.6. The molecule has 6 rings (SSSR count). The lowest BCUT2D eigenvalue weighted by Gasteiger charge is -2.72. The van der Waals surface area contributed by atoms with E-state index in [1.807, 2.05) is 0 Å². The summed E-state index contributed by atoms with van der Waals surface area (Å²) in [4.78, 5) is 27.6. The highest BCUT2D eigenvalue weighted by Crippen LogP contribution is 2.77. The molecule has 1 aromatic rings. The first-order chi connectivity index (χ1) is 19.7. The molecule has 1 aromatic carbocycles. The van der Waals surface area contributed by atoms with Crippen LogP contribution in [0.4, 0.5) is 0 Å². The Labute approximate surface area is 267 Å². The average molecular weight is 683 g/mol. The number of fused-ring (bicyclic) bond motifs is 7. The van der Waals surface area contributed by atoms with Gasteiger partial charge >= 0.3 is 5.97 Å². The van der Waals surface area contributed by atoms with Gasteiger partial charge in [0.2, 0.25) is 0 Å². The van der Waals surface area contributed by atoms with Crippen LogP contribution in [0.15, 0.2) is 42.0 Å². The zero-order valence-corrected chi connectivity index (χ0v) is 29.1. The number of carbonyl (C=O) groups is 2. The van der Waals surface area contributed by atoms with Crippen molar-refractivity contribution in [3.05, 3.63) is 51.1 Å². The molecule has 9 atom stereocenters. The third-order valence-corrected chi connectivity index (χ3v) is 15.1. The van der Waals surface area contributed by atoms with Crippen molar-refractivity contribution >= 4 is 40.4 Å². The summed E-state index contributed by atoms with van der Waals surface area (Å²) in [6.45, 7) is 18.9. The second kappa shape index (κ2) is 10.0. The van der Waals surface area contributed by atoms with Crippen molar-refractivity contribution in [3.63, 3.8) is 0 Å². The predicted octanol–water partition coefficient (Wildman–Crippen LogP) is 9.68. The molecule has 5 saturated carbocycles. The number of hydrogen-bond donors (Lipinski definition) is 0. The number of hydrogen-bond acceptors (Lipinski definition) is 3. The van der Waals surface area contributed by atoms with Gasteiger partial charge in [0.05, 0.1) is 12.5 Å². The standard InChI is InChI=1S/C38H51IO3/c1-23(2)27-14-17-38(33(41)42-8)19-18-36(6)28(31(27)38)12-13-30-35(5)22-25(20-24-10-9-11-26(39)21-24)32(40)34(3,4)29(35)15-16-37(30,36)7/h9-11,20-21,27-31H,1,12-19,22H2,2-8H3/b25-20-/t27-,28?,29?,30?,31?,35-,36+,37+,38?/m0/s1. The normalized spacial score (nSPS) is 44.9. The second-order valence-corrected chi connectivity index (χ2v) is 17.5. The summed E-state index contributed by atoms with van der Waals surface area (Å²) in [5.74, 6) is 2.53. The van der Waals surface area contributed by atoms with Crippen molar-refractivity contribution in [1.29, 1.82) is 0 Å². The van der Waals surface area contributed by atoms with Crippen molar-refractivity contribution in [2.45, 2.75) is 99.3 Å². The maximum atomic E-state index is 14.1. The largest absolute Gasteiger partial charge is 0.469 e. The Morgan fingerprint density at radius 2 is 1.71 bits per heavy atom. The van der Waals surface area contributed by atoms with Gasteiger partial charge in [-0.15, -0.1) is 0 Å². The summed E-state index contributed by atoms with van der Waals surface area (Å²) in [5, 5.41) is 0. The molecule has 0 aliphatic heterocycles. The molecule has 5 unspecified atom stereocenters. The molecule has 5 aliphatic carbocycles. The predicted molar refractivity (Wildman–Crippen MR) is 179 cm³/mol. The number of esters is 1. The topological polar surface area (TPSA) is 43.4 Å². The Bertz CT molecular complexity index is 1360. The highest BCUT2D eigenvalue weighted by molar-refractivity contribution is 14.1. The maximum absolute atomic E-state index is 14.1. The summed E-state index contributed by atoms with van der Waals surface area (Å²) < 4.78 is 6.75. The van der Waals surface area contributed by atoms with Crippen LogP contribution in [0.3, 0.4) is 0 Å². The van der Waals surface area contributed by atoms with E-state index in [9.17, 15) is 9.59 Å². The monoisotopic (exact) mass is 682 g/mol. The molecule has 0 amide bonds. The van der Waals surface area contributed by atoms with Gasteiger partial charge < -0.3 is 4.74 Å². The Morgan fingerprint density at radius 1 is 0.976 bits per heavy atom. The minimum Gasteiger partial charge on any atom is -0.469 e. The molecular weight excluding hydrogens is 631 g/mol. The molecule has 0 bridgehead atoms. The van der Waals surface area contributed by atoms with E-state index in [2.05, 4.69) is 101 Å². The lowest BCUT2D eigenvalue weighted by Crippen LogP contribution is -2.67. The van der Waals surface area contributed by atoms with E-state index in [1.165, 1.54) is 22.0 Å². The van der Waals surface area contributed by atoms with Gasteiger partial charge in [-0.3, -0.25) is 9.59 Å². The highest BCUT2D eigenvalue weighted by atomic mass is 127. The minimum atomic E-state index is -0.372. The number of benzene rings is 1. The van der Waals surface area contributed by atoms with E-state index in [1.54, 1.807) is 7.11 Å². The van der Waals surface area contributed by atoms with Crippen molar-refractivity contribution in [2.75, 3.05) is 7.11 Å². The van der Waals surface area contributed by atoms with Gasteiger partial charge in [-0.25, -0.2) is 0 Å². The third-order valence-electron chi connectivity index (χ3n) is 14.4. The highest BCUT2D eigenvalue weighted by Gasteiger charge is 2.72. The van der Waals surface area contributed by atoms with Crippen molar-refractivity contribution in [2.24, 2.45) is 56.7 Å². The number of methoxy groups -OCH3 is 1.